The van der Waals surface area contributed by atoms with E-state index >= 15 is 0 Å². The van der Waals surface area contributed by atoms with E-state index in [2.05, 4.69) is 9.62 Å². The Morgan fingerprint density at radius 1 is 1.21 bits per heavy atom. The van der Waals surface area contributed by atoms with Crippen LogP contribution < -0.4 is 4.72 Å². The zero-order valence-electron chi connectivity index (χ0n) is 11.1. The summed E-state index contributed by atoms with van der Waals surface area (Å²) in [7, 11) is -3.19. The molecule has 0 saturated carbocycles. The number of nitrogens with one attached hydrogen (secondary N) is 1. The van der Waals surface area contributed by atoms with Gasteiger partial charge >= 0.3 is 0 Å². The highest BCUT2D eigenvalue weighted by Gasteiger charge is 2.11. The molecule has 0 spiro atoms. The first-order valence-corrected chi connectivity index (χ1v) is 8.14. The van der Waals surface area contributed by atoms with E-state index in [0.717, 1.165) is 32.8 Å². The van der Waals surface area contributed by atoms with Crippen LogP contribution in [0.2, 0.25) is 0 Å². The summed E-state index contributed by atoms with van der Waals surface area (Å²) in [5.74, 6) is 0.0858. The predicted octanol–water partition coefficient (Wildman–Crippen LogP) is 1.28. The number of hydrogen-bond donors (Lipinski definition) is 1. The third-order valence-corrected chi connectivity index (χ3v) is 4.42. The molecule has 0 atom stereocenters. The Morgan fingerprint density at radius 2 is 1.84 bits per heavy atom. The lowest BCUT2D eigenvalue weighted by atomic mass is 10.2. The molecule has 1 fully saturated rings. The van der Waals surface area contributed by atoms with E-state index in [1.807, 2.05) is 24.3 Å². The van der Waals surface area contributed by atoms with Crippen molar-refractivity contribution in [1.82, 2.24) is 4.90 Å². The third kappa shape index (κ3) is 4.49. The first kappa shape index (κ1) is 14.3. The van der Waals surface area contributed by atoms with E-state index in [9.17, 15) is 8.42 Å². The smallest absolute Gasteiger partial charge is 0.232 e. The number of nitrogens with zero attached hydrogens (tertiary/aromatic N) is 1. The van der Waals surface area contributed by atoms with Crippen molar-refractivity contribution in [2.45, 2.75) is 13.5 Å². The van der Waals surface area contributed by atoms with Crippen LogP contribution in [0.1, 0.15) is 12.5 Å². The highest BCUT2D eigenvalue weighted by molar-refractivity contribution is 7.92. The van der Waals surface area contributed by atoms with Crippen LogP contribution in [0.4, 0.5) is 5.69 Å². The lowest BCUT2D eigenvalue weighted by Gasteiger charge is -2.26. The molecule has 1 aliphatic heterocycles. The lowest BCUT2D eigenvalue weighted by Crippen LogP contribution is -2.35. The minimum atomic E-state index is -3.19. The maximum atomic E-state index is 11.4. The molecule has 1 saturated heterocycles. The predicted molar refractivity (Wildman–Crippen MR) is 75.6 cm³/mol. The Bertz CT molecular complexity index is 493. The maximum absolute atomic E-state index is 11.4. The molecule has 1 aliphatic rings. The molecule has 6 heteroatoms. The van der Waals surface area contributed by atoms with Crippen LogP contribution in [0.25, 0.3) is 0 Å². The molecule has 106 valence electrons. The van der Waals surface area contributed by atoms with E-state index < -0.39 is 10.0 Å². The largest absolute Gasteiger partial charge is 0.379 e. The van der Waals surface area contributed by atoms with Gasteiger partial charge in [-0.15, -0.1) is 0 Å². The molecule has 1 aromatic rings. The third-order valence-electron chi connectivity index (χ3n) is 3.12. The second-order valence-electron chi connectivity index (χ2n) is 4.59. The summed E-state index contributed by atoms with van der Waals surface area (Å²) in [4.78, 5) is 2.33. The molecule has 0 aromatic heterocycles. The second kappa shape index (κ2) is 6.36. The van der Waals surface area contributed by atoms with Gasteiger partial charge in [0.15, 0.2) is 0 Å². The first-order chi connectivity index (χ1) is 9.09. The van der Waals surface area contributed by atoms with Gasteiger partial charge in [0, 0.05) is 25.3 Å². The zero-order chi connectivity index (χ0) is 13.7. The van der Waals surface area contributed by atoms with E-state index in [4.69, 9.17) is 4.74 Å². The molecule has 0 unspecified atom stereocenters. The van der Waals surface area contributed by atoms with Gasteiger partial charge in [-0.1, -0.05) is 12.1 Å². The van der Waals surface area contributed by atoms with Crippen LogP contribution in [-0.4, -0.2) is 45.4 Å². The molecule has 2 rings (SSSR count). The molecule has 0 bridgehead atoms. The topological polar surface area (TPSA) is 58.6 Å². The highest BCUT2D eigenvalue weighted by atomic mass is 32.2. The van der Waals surface area contributed by atoms with Crippen molar-refractivity contribution < 1.29 is 13.2 Å². The Labute approximate surface area is 114 Å². The molecule has 0 amide bonds. The summed E-state index contributed by atoms with van der Waals surface area (Å²) in [6.45, 7) is 5.97. The monoisotopic (exact) mass is 284 g/mol. The lowest BCUT2D eigenvalue weighted by molar-refractivity contribution is 0.0342. The Kier molecular flexibility index (Phi) is 4.79. The molecular weight excluding hydrogens is 264 g/mol. The van der Waals surface area contributed by atoms with E-state index in [-0.39, 0.29) is 5.75 Å². The van der Waals surface area contributed by atoms with Crippen LogP contribution in [0.3, 0.4) is 0 Å². The summed E-state index contributed by atoms with van der Waals surface area (Å²) in [5.41, 5.74) is 1.80. The van der Waals surface area contributed by atoms with E-state index in [1.165, 1.54) is 5.56 Å². The van der Waals surface area contributed by atoms with Crippen molar-refractivity contribution in [1.29, 1.82) is 0 Å². The van der Waals surface area contributed by atoms with Crippen molar-refractivity contribution in [2.75, 3.05) is 36.8 Å². The molecular formula is C13H20N2O3S. The van der Waals surface area contributed by atoms with Gasteiger partial charge in [0.25, 0.3) is 0 Å². The van der Waals surface area contributed by atoms with Crippen molar-refractivity contribution in [2.24, 2.45) is 0 Å². The van der Waals surface area contributed by atoms with Crippen molar-refractivity contribution in [3.63, 3.8) is 0 Å². The minimum absolute atomic E-state index is 0.0858. The Balaban J connectivity index is 1.94. The molecule has 0 radical (unpaired) electrons. The van der Waals surface area contributed by atoms with Gasteiger partial charge < -0.3 is 4.74 Å². The van der Waals surface area contributed by atoms with Crippen LogP contribution in [0.5, 0.6) is 0 Å². The highest BCUT2D eigenvalue weighted by Crippen LogP contribution is 2.13. The summed E-state index contributed by atoms with van der Waals surface area (Å²) in [6, 6.07) is 7.54. The molecule has 0 aliphatic carbocycles. The van der Waals surface area contributed by atoms with Gasteiger partial charge in [0.1, 0.15) is 0 Å². The molecule has 19 heavy (non-hydrogen) atoms. The van der Waals surface area contributed by atoms with Crippen molar-refractivity contribution >= 4 is 15.7 Å². The number of anilines is 1. The Hall–Kier alpha value is -1.11. The number of ether oxygens (including phenoxy) is 1. The first-order valence-electron chi connectivity index (χ1n) is 6.48. The van der Waals surface area contributed by atoms with Crippen molar-refractivity contribution in [3.05, 3.63) is 29.8 Å². The van der Waals surface area contributed by atoms with Gasteiger partial charge in [0.05, 0.1) is 19.0 Å². The quantitative estimate of drug-likeness (QED) is 0.885. The van der Waals surface area contributed by atoms with Gasteiger partial charge in [-0.05, 0) is 24.6 Å². The summed E-state index contributed by atoms with van der Waals surface area (Å²) in [5, 5.41) is 0. The van der Waals surface area contributed by atoms with Gasteiger partial charge in [0.2, 0.25) is 10.0 Å². The van der Waals surface area contributed by atoms with E-state index in [1.54, 1.807) is 6.92 Å². The number of morpholine rings is 1. The molecule has 1 N–H and O–H groups in total. The summed E-state index contributed by atoms with van der Waals surface area (Å²) in [6.07, 6.45) is 0. The SMILES string of the molecule is CCS(=O)(=O)Nc1ccc(CN2CCOCC2)cc1. The average Bonchev–Trinajstić information content (AvgIpc) is 2.42. The fourth-order valence-electron chi connectivity index (χ4n) is 1.95. The normalized spacial score (nSPS) is 17.3. The van der Waals surface area contributed by atoms with Crippen LogP contribution in [-0.2, 0) is 21.3 Å². The molecule has 1 aromatic carbocycles. The van der Waals surface area contributed by atoms with Crippen LogP contribution in [0, 0.1) is 0 Å². The van der Waals surface area contributed by atoms with Gasteiger partial charge in [-0.3, -0.25) is 9.62 Å². The second-order valence-corrected chi connectivity index (χ2v) is 6.60. The fraction of sp³-hybridized carbons (Fsp3) is 0.538. The summed E-state index contributed by atoms with van der Waals surface area (Å²) >= 11 is 0. The zero-order valence-corrected chi connectivity index (χ0v) is 11.9. The molecule has 5 nitrogen and oxygen atoms in total. The van der Waals surface area contributed by atoms with Crippen molar-refractivity contribution in [3.8, 4) is 0 Å². The minimum Gasteiger partial charge on any atom is -0.379 e. The van der Waals surface area contributed by atoms with Crippen LogP contribution >= 0.6 is 0 Å². The average molecular weight is 284 g/mol. The Morgan fingerprint density at radius 3 is 2.42 bits per heavy atom. The summed E-state index contributed by atoms with van der Waals surface area (Å²) < 4.78 is 30.7. The fourth-order valence-corrected chi connectivity index (χ4v) is 2.59. The standard InChI is InChI=1S/C13H20N2O3S/c1-2-19(16,17)14-13-5-3-12(4-6-13)11-15-7-9-18-10-8-15/h3-6,14H,2,7-11H2,1H3. The number of rotatable bonds is 5. The number of hydrogen-bond acceptors (Lipinski definition) is 4. The van der Waals surface area contributed by atoms with Crippen LogP contribution in [0.15, 0.2) is 24.3 Å². The maximum Gasteiger partial charge on any atom is 0.232 e. The van der Waals surface area contributed by atoms with E-state index in [0.29, 0.717) is 5.69 Å². The number of sulfonamides is 1. The number of benzene rings is 1. The van der Waals surface area contributed by atoms with Gasteiger partial charge in [-0.2, -0.15) is 0 Å². The molecule has 1 heterocycles. The van der Waals surface area contributed by atoms with Gasteiger partial charge in [-0.25, -0.2) is 8.42 Å².